The number of carbonyl (C=O) groups excluding carboxylic acids is 1. The van der Waals surface area contributed by atoms with Crippen LogP contribution in [0.1, 0.15) is 13.0 Å². The number of nitrogens with zero attached hydrogens (tertiary/aromatic N) is 4. The summed E-state index contributed by atoms with van der Waals surface area (Å²) in [6, 6.07) is 3.42. The second-order valence-corrected chi connectivity index (χ2v) is 10.3. The van der Waals surface area contributed by atoms with Crippen LogP contribution in [0.5, 0.6) is 0 Å². The van der Waals surface area contributed by atoms with Crippen molar-refractivity contribution in [3.8, 4) is 10.7 Å². The number of thiophene rings is 1. The van der Waals surface area contributed by atoms with Crippen LogP contribution in [0.25, 0.3) is 10.7 Å². The molecule has 148 valence electrons. The lowest BCUT2D eigenvalue weighted by molar-refractivity contribution is -0.136. The van der Waals surface area contributed by atoms with E-state index in [0.717, 1.165) is 4.88 Å². The van der Waals surface area contributed by atoms with Crippen molar-refractivity contribution in [1.82, 2.24) is 24.6 Å². The molecule has 1 unspecified atom stereocenters. The number of hydrogen-bond donors (Lipinski definition) is 1. The largest absolute Gasteiger partial charge is 0.338 e. The first kappa shape index (κ1) is 20.2. The lowest BCUT2D eigenvalue weighted by Gasteiger charge is -2.36. The molecule has 1 atom stereocenters. The third-order valence-electron chi connectivity index (χ3n) is 4.65. The molecule has 1 N–H and O–H groups in total. The molecule has 2 aromatic rings. The Morgan fingerprint density at radius 1 is 1.37 bits per heavy atom. The van der Waals surface area contributed by atoms with Gasteiger partial charge in [-0.05, 0) is 30.6 Å². The van der Waals surface area contributed by atoms with Crippen LogP contribution in [0, 0.1) is 4.77 Å². The van der Waals surface area contributed by atoms with Crippen LogP contribution in [0.15, 0.2) is 17.5 Å². The number of hydrogen-bond acceptors (Lipinski definition) is 7. The van der Waals surface area contributed by atoms with Gasteiger partial charge in [-0.3, -0.25) is 19.4 Å². The van der Waals surface area contributed by atoms with Gasteiger partial charge in [-0.2, -0.15) is 5.10 Å². The molecule has 0 radical (unpaired) electrons. The number of nitrogens with one attached hydrogen (secondary N) is 1. The van der Waals surface area contributed by atoms with Gasteiger partial charge in [0.15, 0.2) is 10.6 Å². The second kappa shape index (κ2) is 8.21. The number of piperazine rings is 1. The molecule has 0 bridgehead atoms. The Balaban J connectivity index is 1.66. The summed E-state index contributed by atoms with van der Waals surface area (Å²) in [6.07, 6.45) is 1.24. The van der Waals surface area contributed by atoms with Gasteiger partial charge in [0.1, 0.15) is 15.9 Å². The molecule has 1 aliphatic heterocycles. The normalized spacial score (nSPS) is 17.2. The van der Waals surface area contributed by atoms with Crippen molar-refractivity contribution in [3.05, 3.63) is 22.3 Å². The Morgan fingerprint density at radius 2 is 2.07 bits per heavy atom. The Kier molecular flexibility index (Phi) is 6.14. The van der Waals surface area contributed by atoms with Gasteiger partial charge in [-0.25, -0.2) is 8.42 Å². The number of amides is 1. The SMILES string of the molecule is CC(C(=O)N1CCN(CCS(C)(=O)=O)CC1)n1c(-c2cccs2)n[nH]c1=S. The molecular formula is C16H23N5O3S3. The number of carbonyl (C=O) groups is 1. The first-order chi connectivity index (χ1) is 12.8. The summed E-state index contributed by atoms with van der Waals surface area (Å²) in [7, 11) is -2.97. The average Bonchev–Trinajstić information content (AvgIpc) is 3.28. The number of aromatic nitrogens is 3. The van der Waals surface area contributed by atoms with Crippen LogP contribution >= 0.6 is 23.6 Å². The number of sulfone groups is 1. The zero-order valence-corrected chi connectivity index (χ0v) is 17.7. The van der Waals surface area contributed by atoms with Crippen LogP contribution < -0.4 is 0 Å². The summed E-state index contributed by atoms with van der Waals surface area (Å²) in [6.45, 7) is 4.83. The number of aromatic amines is 1. The topological polar surface area (TPSA) is 91.3 Å². The van der Waals surface area contributed by atoms with Crippen molar-refractivity contribution in [1.29, 1.82) is 0 Å². The van der Waals surface area contributed by atoms with Crippen molar-refractivity contribution in [3.63, 3.8) is 0 Å². The van der Waals surface area contributed by atoms with E-state index in [1.54, 1.807) is 15.9 Å². The van der Waals surface area contributed by atoms with Crippen molar-refractivity contribution in [2.45, 2.75) is 13.0 Å². The summed E-state index contributed by atoms with van der Waals surface area (Å²) in [5, 5.41) is 9.03. The fourth-order valence-corrected chi connectivity index (χ4v) is 4.70. The molecule has 3 heterocycles. The van der Waals surface area contributed by atoms with Crippen LogP contribution in [0.4, 0.5) is 0 Å². The molecule has 0 saturated carbocycles. The van der Waals surface area contributed by atoms with E-state index in [1.807, 2.05) is 29.3 Å². The quantitative estimate of drug-likeness (QED) is 0.699. The molecule has 3 rings (SSSR count). The van der Waals surface area contributed by atoms with Gasteiger partial charge < -0.3 is 4.90 Å². The maximum atomic E-state index is 13.0. The molecular weight excluding hydrogens is 406 g/mol. The summed E-state index contributed by atoms with van der Waals surface area (Å²) in [4.78, 5) is 17.8. The standard InChI is InChI=1S/C16H23N5O3S3/c1-12(21-14(17-18-16(21)25)13-4-3-10-26-13)15(22)20-7-5-19(6-8-20)9-11-27(2,23)24/h3-4,10,12H,5-9,11H2,1-2H3,(H,18,25). The zero-order chi connectivity index (χ0) is 19.6. The Labute approximate surface area is 167 Å². The molecule has 0 aromatic carbocycles. The molecule has 1 aliphatic rings. The maximum absolute atomic E-state index is 13.0. The molecule has 1 saturated heterocycles. The second-order valence-electron chi connectivity index (χ2n) is 6.67. The molecule has 27 heavy (non-hydrogen) atoms. The van der Waals surface area contributed by atoms with Gasteiger partial charge in [0, 0.05) is 39.0 Å². The summed E-state index contributed by atoms with van der Waals surface area (Å²) < 4.78 is 24.8. The molecule has 1 amide bonds. The fraction of sp³-hybridized carbons (Fsp3) is 0.562. The molecule has 8 nitrogen and oxygen atoms in total. The van der Waals surface area contributed by atoms with Gasteiger partial charge in [0.25, 0.3) is 0 Å². The van der Waals surface area contributed by atoms with E-state index in [9.17, 15) is 13.2 Å². The Morgan fingerprint density at radius 3 is 2.67 bits per heavy atom. The molecule has 11 heteroatoms. The third kappa shape index (κ3) is 4.84. The predicted octanol–water partition coefficient (Wildman–Crippen LogP) is 1.42. The smallest absolute Gasteiger partial charge is 0.245 e. The van der Waals surface area contributed by atoms with Gasteiger partial charge in [-0.1, -0.05) is 6.07 Å². The van der Waals surface area contributed by atoms with Crippen molar-refractivity contribution in [2.75, 3.05) is 44.7 Å². The highest BCUT2D eigenvalue weighted by molar-refractivity contribution is 7.90. The molecule has 0 spiro atoms. The Bertz CT molecular complexity index is 940. The lowest BCUT2D eigenvalue weighted by Crippen LogP contribution is -2.51. The highest BCUT2D eigenvalue weighted by Crippen LogP contribution is 2.26. The van der Waals surface area contributed by atoms with Crippen molar-refractivity contribution >= 4 is 39.3 Å². The highest BCUT2D eigenvalue weighted by Gasteiger charge is 2.28. The highest BCUT2D eigenvalue weighted by atomic mass is 32.2. The van der Waals surface area contributed by atoms with Crippen LogP contribution in [-0.4, -0.2) is 83.6 Å². The summed E-state index contributed by atoms with van der Waals surface area (Å²) in [5.74, 6) is 0.807. The fourth-order valence-electron chi connectivity index (χ4n) is 3.11. The third-order valence-corrected chi connectivity index (χ3v) is 6.73. The summed E-state index contributed by atoms with van der Waals surface area (Å²) >= 11 is 6.89. The zero-order valence-electron chi connectivity index (χ0n) is 15.3. The minimum absolute atomic E-state index is 0.00642. The van der Waals surface area contributed by atoms with Crippen molar-refractivity contribution in [2.24, 2.45) is 0 Å². The van der Waals surface area contributed by atoms with E-state index in [1.165, 1.54) is 6.26 Å². The first-order valence-electron chi connectivity index (χ1n) is 8.66. The molecule has 1 fully saturated rings. The monoisotopic (exact) mass is 429 g/mol. The molecule has 0 aliphatic carbocycles. The Hall–Kier alpha value is -1.56. The minimum atomic E-state index is -2.97. The lowest BCUT2D eigenvalue weighted by atomic mass is 10.2. The van der Waals surface area contributed by atoms with Crippen molar-refractivity contribution < 1.29 is 13.2 Å². The van der Waals surface area contributed by atoms with Gasteiger partial charge >= 0.3 is 0 Å². The van der Waals surface area contributed by atoms with Crippen LogP contribution in [0.2, 0.25) is 0 Å². The predicted molar refractivity (Wildman–Crippen MR) is 108 cm³/mol. The van der Waals surface area contributed by atoms with E-state index < -0.39 is 15.9 Å². The van der Waals surface area contributed by atoms with Crippen LogP contribution in [-0.2, 0) is 14.6 Å². The van der Waals surface area contributed by atoms with Gasteiger partial charge in [0.05, 0.1) is 10.6 Å². The number of H-pyrrole nitrogens is 1. The van der Waals surface area contributed by atoms with Gasteiger partial charge in [0.2, 0.25) is 5.91 Å². The average molecular weight is 430 g/mol. The minimum Gasteiger partial charge on any atom is -0.338 e. The summed E-state index contributed by atoms with van der Waals surface area (Å²) in [5.41, 5.74) is 0. The molecule has 2 aromatic heterocycles. The number of rotatable bonds is 6. The van der Waals surface area contributed by atoms with Gasteiger partial charge in [-0.15, -0.1) is 11.3 Å². The van der Waals surface area contributed by atoms with E-state index in [0.29, 0.717) is 43.3 Å². The van der Waals surface area contributed by atoms with E-state index >= 15 is 0 Å². The first-order valence-corrected chi connectivity index (χ1v) is 12.0. The van der Waals surface area contributed by atoms with Crippen LogP contribution in [0.3, 0.4) is 0 Å². The maximum Gasteiger partial charge on any atom is 0.245 e. The van der Waals surface area contributed by atoms with E-state index in [-0.39, 0.29) is 11.7 Å². The van der Waals surface area contributed by atoms with E-state index in [2.05, 4.69) is 15.1 Å². The van der Waals surface area contributed by atoms with E-state index in [4.69, 9.17) is 12.2 Å².